The first-order chi connectivity index (χ1) is 25.9. The summed E-state index contributed by atoms with van der Waals surface area (Å²) >= 11 is 0. The van der Waals surface area contributed by atoms with Crippen LogP contribution >= 0.6 is 0 Å². The zero-order chi connectivity index (χ0) is 36.5. The Balaban J connectivity index is 1.71. The minimum absolute atomic E-state index is 0.141. The van der Waals surface area contributed by atoms with Gasteiger partial charge in [0, 0.05) is 11.8 Å². The van der Waals surface area contributed by atoms with Crippen molar-refractivity contribution in [2.75, 3.05) is 0 Å². The third-order valence-corrected chi connectivity index (χ3v) is 8.61. The van der Waals surface area contributed by atoms with Crippen LogP contribution in [0.2, 0.25) is 0 Å². The van der Waals surface area contributed by atoms with E-state index in [0.717, 1.165) is 66.9 Å². The molecule has 8 aromatic rings. The van der Waals surface area contributed by atoms with Gasteiger partial charge in [0.05, 0.1) is 12.5 Å². The van der Waals surface area contributed by atoms with Gasteiger partial charge in [-0.1, -0.05) is 176 Å². The zero-order valence-corrected chi connectivity index (χ0v) is 26.1. The van der Waals surface area contributed by atoms with E-state index in [4.69, 9.17) is 4.11 Å². The number of pyridine rings is 1. The van der Waals surface area contributed by atoms with E-state index in [0.29, 0.717) is 5.56 Å². The van der Waals surface area contributed by atoms with Crippen LogP contribution < -0.4 is 0 Å². The third-order valence-electron chi connectivity index (χ3n) is 8.61. The monoisotopic (exact) mass is 616 g/mol. The first kappa shape index (κ1) is 23.9. The predicted molar refractivity (Wildman–Crippen MR) is 202 cm³/mol. The Bertz CT molecular complexity index is 2550. The molecule has 0 saturated carbocycles. The lowest BCUT2D eigenvalue weighted by Crippen LogP contribution is -2.02. The second-order valence-electron chi connectivity index (χ2n) is 11.5. The smallest absolute Gasteiger partial charge is 0.0702 e. The lowest BCUT2D eigenvalue weighted by Gasteiger charge is -2.29. The molecule has 0 fully saturated rings. The average Bonchev–Trinajstić information content (AvgIpc) is 3.23. The topological polar surface area (TPSA) is 12.9 Å². The largest absolute Gasteiger partial charge is 0.256 e. The average molecular weight is 617 g/mol. The summed E-state index contributed by atoms with van der Waals surface area (Å²) in [6, 6.07) is 52.8. The molecule has 1 nitrogen and oxygen atoms in total. The standard InChI is InChI=1S/C47H33N/c1-6-19-34(20-7-1)42-43(35-21-8-2-9-22-35)45(37-25-12-4-13-26-37)47(40-30-18-29-39(33-40)41-31-16-17-32-48-41)46(38-27-14-5-15-28-38)44(42)36-23-10-3-11-24-36/h1-33H/i4D,12D,13D,25D,26D. The first-order valence-electron chi connectivity index (χ1n) is 18.5. The number of nitrogens with zero attached hydrogens (tertiary/aromatic N) is 1. The van der Waals surface area contributed by atoms with Gasteiger partial charge >= 0.3 is 0 Å². The molecule has 0 unspecified atom stereocenters. The van der Waals surface area contributed by atoms with Gasteiger partial charge in [-0.25, -0.2) is 0 Å². The number of benzene rings is 7. The number of rotatable bonds is 7. The fraction of sp³-hybridized carbons (Fsp3) is 0. The normalized spacial score (nSPS) is 12.4. The van der Waals surface area contributed by atoms with Crippen LogP contribution in [0.5, 0.6) is 0 Å². The number of hydrogen-bond donors (Lipinski definition) is 0. The van der Waals surface area contributed by atoms with Gasteiger partial charge in [0.1, 0.15) is 0 Å². The second kappa shape index (κ2) is 13.2. The summed E-state index contributed by atoms with van der Waals surface area (Å²) in [5.41, 5.74) is 11.2. The van der Waals surface area contributed by atoms with Crippen LogP contribution in [0.1, 0.15) is 6.85 Å². The molecule has 0 bridgehead atoms. The van der Waals surface area contributed by atoms with E-state index in [-0.39, 0.29) is 29.7 Å². The van der Waals surface area contributed by atoms with Crippen molar-refractivity contribution >= 4 is 0 Å². The van der Waals surface area contributed by atoms with Gasteiger partial charge in [-0.2, -0.15) is 0 Å². The van der Waals surface area contributed by atoms with Crippen LogP contribution in [0.15, 0.2) is 200 Å². The fourth-order valence-corrected chi connectivity index (χ4v) is 6.61. The van der Waals surface area contributed by atoms with Crippen LogP contribution in [0.4, 0.5) is 0 Å². The van der Waals surface area contributed by atoms with Crippen molar-refractivity contribution in [3.8, 4) is 78.0 Å². The molecule has 0 amide bonds. The molecule has 0 spiro atoms. The summed E-state index contributed by atoms with van der Waals surface area (Å²) in [4.78, 5) is 4.66. The summed E-state index contributed by atoms with van der Waals surface area (Å²) in [6.45, 7) is 0. The highest BCUT2D eigenvalue weighted by Gasteiger charge is 2.29. The Morgan fingerprint density at radius 1 is 0.312 bits per heavy atom. The summed E-state index contributed by atoms with van der Waals surface area (Å²) in [5.74, 6) is 0. The van der Waals surface area contributed by atoms with Crippen LogP contribution in [-0.2, 0) is 0 Å². The molecule has 226 valence electrons. The maximum absolute atomic E-state index is 9.45. The molecule has 0 aliphatic carbocycles. The molecular weight excluding hydrogens is 579 g/mol. The molecular formula is C47H33N. The van der Waals surface area contributed by atoms with Gasteiger partial charge in [0.15, 0.2) is 0 Å². The quantitative estimate of drug-likeness (QED) is 0.174. The maximum atomic E-state index is 9.45. The van der Waals surface area contributed by atoms with Gasteiger partial charge in [0.25, 0.3) is 0 Å². The van der Waals surface area contributed by atoms with Crippen molar-refractivity contribution in [2.45, 2.75) is 0 Å². The molecule has 0 saturated heterocycles. The SMILES string of the molecule is [2H]c1c([2H])c([2H])c(-c2c(-c3ccccc3)c(-c3ccccc3)c(-c3ccccc3)c(-c3ccccc3)c2-c2cccc(-c3ccccn3)c2)c([2H])c1[2H]. The van der Waals surface area contributed by atoms with Crippen molar-refractivity contribution in [1.29, 1.82) is 0 Å². The van der Waals surface area contributed by atoms with E-state index in [2.05, 4.69) is 47.4 Å². The van der Waals surface area contributed by atoms with E-state index in [1.54, 1.807) is 6.20 Å². The van der Waals surface area contributed by atoms with E-state index in [1.165, 1.54) is 0 Å². The lowest BCUT2D eigenvalue weighted by atomic mass is 9.74. The second-order valence-corrected chi connectivity index (χ2v) is 11.5. The summed E-state index contributed by atoms with van der Waals surface area (Å²) in [5, 5.41) is 0. The van der Waals surface area contributed by atoms with E-state index in [9.17, 15) is 2.74 Å². The summed E-state index contributed by atoms with van der Waals surface area (Å²) in [6.07, 6.45) is 1.77. The Morgan fingerprint density at radius 3 is 1.12 bits per heavy atom. The fourth-order valence-electron chi connectivity index (χ4n) is 6.61. The Labute approximate surface area is 289 Å². The number of hydrogen-bond acceptors (Lipinski definition) is 1. The van der Waals surface area contributed by atoms with Crippen LogP contribution in [-0.4, -0.2) is 4.98 Å². The third kappa shape index (κ3) is 5.53. The highest BCUT2D eigenvalue weighted by molar-refractivity contribution is 6.15. The molecule has 48 heavy (non-hydrogen) atoms. The van der Waals surface area contributed by atoms with E-state index >= 15 is 0 Å². The van der Waals surface area contributed by atoms with E-state index in [1.807, 2.05) is 121 Å². The number of aromatic nitrogens is 1. The van der Waals surface area contributed by atoms with Crippen LogP contribution in [0.25, 0.3) is 78.0 Å². The molecule has 0 radical (unpaired) electrons. The van der Waals surface area contributed by atoms with Crippen molar-refractivity contribution in [3.05, 3.63) is 200 Å². The lowest BCUT2D eigenvalue weighted by molar-refractivity contribution is 1.33. The Morgan fingerprint density at radius 2 is 0.688 bits per heavy atom. The molecule has 8 rings (SSSR count). The first-order valence-corrected chi connectivity index (χ1v) is 16.0. The minimum atomic E-state index is -0.434. The van der Waals surface area contributed by atoms with Crippen molar-refractivity contribution in [1.82, 2.24) is 4.98 Å². The Kier molecular flexibility index (Phi) is 6.58. The van der Waals surface area contributed by atoms with Crippen molar-refractivity contribution in [3.63, 3.8) is 0 Å². The molecule has 1 heterocycles. The summed E-state index contributed by atoms with van der Waals surface area (Å²) in [7, 11) is 0. The van der Waals surface area contributed by atoms with Gasteiger partial charge in [0.2, 0.25) is 0 Å². The Hall–Kier alpha value is -6.31. The molecule has 0 aliphatic heterocycles. The van der Waals surface area contributed by atoms with E-state index < -0.39 is 6.04 Å². The summed E-state index contributed by atoms with van der Waals surface area (Å²) < 4.78 is 45.2. The molecule has 0 aliphatic rings. The maximum Gasteiger partial charge on any atom is 0.0702 e. The highest BCUT2D eigenvalue weighted by atomic mass is 14.7. The highest BCUT2D eigenvalue weighted by Crippen LogP contribution is 2.55. The molecule has 0 atom stereocenters. The van der Waals surface area contributed by atoms with Gasteiger partial charge in [-0.05, 0) is 85.0 Å². The molecule has 1 heteroatoms. The van der Waals surface area contributed by atoms with Gasteiger partial charge in [-0.15, -0.1) is 0 Å². The molecule has 7 aromatic carbocycles. The minimum Gasteiger partial charge on any atom is -0.256 e. The molecule has 0 N–H and O–H groups in total. The van der Waals surface area contributed by atoms with Crippen molar-refractivity contribution < 1.29 is 6.85 Å². The molecule has 1 aromatic heterocycles. The van der Waals surface area contributed by atoms with Crippen LogP contribution in [0, 0.1) is 0 Å². The predicted octanol–water partition coefficient (Wildman–Crippen LogP) is 12.8. The van der Waals surface area contributed by atoms with Crippen LogP contribution in [0.3, 0.4) is 0 Å². The van der Waals surface area contributed by atoms with Gasteiger partial charge < -0.3 is 0 Å². The zero-order valence-electron chi connectivity index (χ0n) is 31.1. The van der Waals surface area contributed by atoms with Gasteiger partial charge in [-0.3, -0.25) is 4.98 Å². The van der Waals surface area contributed by atoms with Crippen molar-refractivity contribution in [2.24, 2.45) is 0 Å².